The lowest BCUT2D eigenvalue weighted by atomic mass is 9.87. The second-order valence-corrected chi connectivity index (χ2v) is 11.9. The van der Waals surface area contributed by atoms with Crippen LogP contribution in [-0.4, -0.2) is 58.5 Å². The Morgan fingerprint density at radius 2 is 1.56 bits per heavy atom. The molecule has 1 atom stereocenters. The highest BCUT2D eigenvalue weighted by Crippen LogP contribution is 2.34. The van der Waals surface area contributed by atoms with Gasteiger partial charge in [0.1, 0.15) is 6.04 Å². The molecule has 3 aromatic rings. The smallest absolute Gasteiger partial charge is 0.265 e. The first-order chi connectivity index (χ1) is 20.9. The zero-order chi connectivity index (χ0) is 29.7. The molecule has 2 fully saturated rings. The van der Waals surface area contributed by atoms with Crippen LogP contribution in [0.15, 0.2) is 66.7 Å². The van der Waals surface area contributed by atoms with Crippen LogP contribution in [0.2, 0.25) is 0 Å². The molecule has 4 aliphatic rings. The maximum absolute atomic E-state index is 13.2. The molecule has 7 rings (SSSR count). The molecule has 3 aromatic carbocycles. The molecular weight excluding hydrogens is 544 g/mol. The van der Waals surface area contributed by atoms with Crippen molar-refractivity contribution in [2.24, 2.45) is 0 Å². The van der Waals surface area contributed by atoms with E-state index in [1.54, 1.807) is 11.0 Å². The van der Waals surface area contributed by atoms with Gasteiger partial charge >= 0.3 is 0 Å². The van der Waals surface area contributed by atoms with Gasteiger partial charge in [0, 0.05) is 30.6 Å². The molecule has 4 aliphatic heterocycles. The van der Waals surface area contributed by atoms with Crippen LogP contribution in [0.4, 0.5) is 5.69 Å². The summed E-state index contributed by atoms with van der Waals surface area (Å²) in [5.74, 6) is -0.944. The highest BCUT2D eigenvalue weighted by atomic mass is 16.2. The van der Waals surface area contributed by atoms with Crippen LogP contribution in [0.5, 0.6) is 0 Å². The molecule has 2 saturated heterocycles. The third-order valence-electron chi connectivity index (χ3n) is 9.22. The summed E-state index contributed by atoms with van der Waals surface area (Å²) in [5.41, 5.74) is 5.80. The molecule has 0 spiro atoms. The van der Waals surface area contributed by atoms with Crippen LogP contribution in [0, 0.1) is 0 Å². The summed E-state index contributed by atoms with van der Waals surface area (Å²) in [7, 11) is 0. The quantitative estimate of drug-likeness (QED) is 0.466. The maximum atomic E-state index is 13.2. The fraction of sp³-hybridized carbons (Fsp3) is 0.324. The Hall–Kier alpha value is -4.63. The van der Waals surface area contributed by atoms with E-state index < -0.39 is 11.9 Å². The predicted octanol–water partition coefficient (Wildman–Crippen LogP) is 3.56. The molecule has 5 amide bonds. The number of piperidine rings is 2. The van der Waals surface area contributed by atoms with Crippen LogP contribution >= 0.6 is 0 Å². The van der Waals surface area contributed by atoms with E-state index >= 15 is 0 Å². The van der Waals surface area contributed by atoms with Crippen LogP contribution in [0.25, 0.3) is 0 Å². The summed E-state index contributed by atoms with van der Waals surface area (Å²) in [5, 5.41) is 2.36. The van der Waals surface area contributed by atoms with Gasteiger partial charge in [-0.25, -0.2) is 4.90 Å². The first-order valence-electron chi connectivity index (χ1n) is 14.9. The SMILES string of the molecule is O=C1CCC(N2Cc3cc(C4CCN(Cc5cccc(N6C(=O)Cc7ccccc7C6=O)c5)CC4)ccc3C2=O)C(=O)N1. The molecule has 0 saturated carbocycles. The number of fused-ring (bicyclic) bond motifs is 2. The van der Waals surface area contributed by atoms with Gasteiger partial charge in [-0.15, -0.1) is 0 Å². The Kier molecular flexibility index (Phi) is 6.89. The Bertz CT molecular complexity index is 1670. The largest absolute Gasteiger partial charge is 0.322 e. The number of nitrogens with zero attached hydrogens (tertiary/aromatic N) is 3. The van der Waals surface area contributed by atoms with Gasteiger partial charge in [0.05, 0.1) is 12.1 Å². The number of carbonyl (C=O) groups is 5. The van der Waals surface area contributed by atoms with Gasteiger partial charge in [-0.3, -0.25) is 34.2 Å². The molecule has 0 radical (unpaired) electrons. The van der Waals surface area contributed by atoms with E-state index in [-0.39, 0.29) is 36.5 Å². The average molecular weight is 577 g/mol. The molecule has 43 heavy (non-hydrogen) atoms. The van der Waals surface area contributed by atoms with Crippen molar-refractivity contribution in [3.63, 3.8) is 0 Å². The van der Waals surface area contributed by atoms with E-state index in [2.05, 4.69) is 16.3 Å². The van der Waals surface area contributed by atoms with Crippen molar-refractivity contribution in [3.8, 4) is 0 Å². The lowest BCUT2D eigenvalue weighted by molar-refractivity contribution is -0.137. The molecule has 9 heteroatoms. The third kappa shape index (κ3) is 5.03. The monoisotopic (exact) mass is 576 g/mol. The molecule has 0 aromatic heterocycles. The van der Waals surface area contributed by atoms with Gasteiger partial charge in [-0.2, -0.15) is 0 Å². The Labute approximate surface area is 249 Å². The molecule has 0 aliphatic carbocycles. The summed E-state index contributed by atoms with van der Waals surface area (Å²) in [4.78, 5) is 68.3. The number of nitrogens with one attached hydrogen (secondary N) is 1. The van der Waals surface area contributed by atoms with Crippen molar-refractivity contribution in [3.05, 3.63) is 100 Å². The van der Waals surface area contributed by atoms with Crippen molar-refractivity contribution in [1.82, 2.24) is 15.1 Å². The lowest BCUT2D eigenvalue weighted by Gasteiger charge is -2.33. The first kappa shape index (κ1) is 27.2. The zero-order valence-electron chi connectivity index (χ0n) is 23.8. The third-order valence-corrected chi connectivity index (χ3v) is 9.22. The van der Waals surface area contributed by atoms with Gasteiger partial charge in [-0.05, 0) is 84.8 Å². The molecular formula is C34H32N4O5. The number of amides is 5. The average Bonchev–Trinajstić information content (AvgIpc) is 3.33. The van der Waals surface area contributed by atoms with Crippen LogP contribution in [0.1, 0.15) is 74.6 Å². The van der Waals surface area contributed by atoms with Gasteiger partial charge in [0.25, 0.3) is 11.8 Å². The van der Waals surface area contributed by atoms with Crippen LogP contribution < -0.4 is 10.2 Å². The Morgan fingerprint density at radius 1 is 0.767 bits per heavy atom. The molecule has 0 bridgehead atoms. The summed E-state index contributed by atoms with van der Waals surface area (Å²) in [6.45, 7) is 2.93. The minimum absolute atomic E-state index is 0.148. The lowest BCUT2D eigenvalue weighted by Crippen LogP contribution is -2.52. The van der Waals surface area contributed by atoms with E-state index in [1.165, 1.54) is 10.5 Å². The second-order valence-electron chi connectivity index (χ2n) is 11.9. The molecule has 1 unspecified atom stereocenters. The van der Waals surface area contributed by atoms with Gasteiger partial charge in [0.2, 0.25) is 17.7 Å². The number of carbonyl (C=O) groups excluding carboxylic acids is 5. The summed E-state index contributed by atoms with van der Waals surface area (Å²) >= 11 is 0. The van der Waals surface area contributed by atoms with E-state index in [9.17, 15) is 24.0 Å². The minimum Gasteiger partial charge on any atom is -0.322 e. The van der Waals surface area contributed by atoms with Crippen molar-refractivity contribution in [2.75, 3.05) is 18.0 Å². The Balaban J connectivity index is 0.986. The van der Waals surface area contributed by atoms with Crippen LogP contribution in [0.3, 0.4) is 0 Å². The number of hydrogen-bond donors (Lipinski definition) is 1. The van der Waals surface area contributed by atoms with Crippen molar-refractivity contribution < 1.29 is 24.0 Å². The van der Waals surface area contributed by atoms with E-state index in [0.717, 1.165) is 49.2 Å². The minimum atomic E-state index is -0.607. The standard InChI is InChI=1S/C34H32N4O5/c39-30-11-10-29(32(41)35-30)37-20-25-17-23(8-9-28(25)33(37)42)22-12-14-36(15-13-22)19-21-4-3-6-26(16-21)38-31(40)18-24-5-1-2-7-27(24)34(38)43/h1-9,16-17,22,29H,10-15,18-20H2,(H,35,39,41). The maximum Gasteiger partial charge on any atom is 0.265 e. The predicted molar refractivity (Wildman–Crippen MR) is 158 cm³/mol. The van der Waals surface area contributed by atoms with Crippen molar-refractivity contribution >= 4 is 35.2 Å². The Morgan fingerprint density at radius 3 is 2.37 bits per heavy atom. The number of benzene rings is 3. The summed E-state index contributed by atoms with van der Waals surface area (Å²) in [6, 6.07) is 20.4. The molecule has 9 nitrogen and oxygen atoms in total. The van der Waals surface area contributed by atoms with E-state index in [0.29, 0.717) is 35.7 Å². The number of hydrogen-bond acceptors (Lipinski definition) is 6. The first-order valence-corrected chi connectivity index (χ1v) is 14.9. The van der Waals surface area contributed by atoms with Gasteiger partial charge in [-0.1, -0.05) is 42.5 Å². The second kappa shape index (κ2) is 10.9. The van der Waals surface area contributed by atoms with E-state index in [1.807, 2.05) is 54.6 Å². The number of anilines is 1. The van der Waals surface area contributed by atoms with E-state index in [4.69, 9.17) is 0 Å². The molecule has 218 valence electrons. The zero-order valence-corrected chi connectivity index (χ0v) is 23.8. The number of imide groups is 2. The topological polar surface area (TPSA) is 107 Å². The fourth-order valence-electron chi connectivity index (χ4n) is 6.94. The molecule has 1 N–H and O–H groups in total. The molecule has 4 heterocycles. The van der Waals surface area contributed by atoms with Gasteiger partial charge < -0.3 is 4.90 Å². The summed E-state index contributed by atoms with van der Waals surface area (Å²) < 4.78 is 0. The normalized spacial score (nSPS) is 21.2. The van der Waals surface area contributed by atoms with Gasteiger partial charge in [0.15, 0.2) is 0 Å². The fourth-order valence-corrected chi connectivity index (χ4v) is 6.94. The van der Waals surface area contributed by atoms with Crippen molar-refractivity contribution in [1.29, 1.82) is 0 Å². The highest BCUT2D eigenvalue weighted by molar-refractivity contribution is 6.24. The summed E-state index contributed by atoms with van der Waals surface area (Å²) in [6.07, 6.45) is 2.77. The number of rotatable bonds is 5. The van der Waals surface area contributed by atoms with Crippen molar-refractivity contribution in [2.45, 2.75) is 57.2 Å². The van der Waals surface area contributed by atoms with Crippen LogP contribution in [-0.2, 0) is 33.9 Å². The highest BCUT2D eigenvalue weighted by Gasteiger charge is 2.39. The number of likely N-dealkylation sites (tertiary alicyclic amines) is 1.